The SMILES string of the molecule is C#[N+]C12CN(CCS(C)(=O)=O)CC1CN(C(=O)Cn1cc(NC(=O)c3cnn4cccnc34)c(-c3cc(Cl)ccc3OC(F)F)n1)C2. The van der Waals surface area contributed by atoms with Gasteiger partial charge in [0.15, 0.2) is 5.65 Å². The number of amides is 2. The Morgan fingerprint density at radius 2 is 2.09 bits per heavy atom. The summed E-state index contributed by atoms with van der Waals surface area (Å²) in [7, 11) is -3.15. The Bertz CT molecular complexity index is 2010. The molecular formula is C29H29ClF2N9O5S+. The topological polar surface area (TPSA) is 148 Å². The normalized spacial score (nSPS) is 19.7. The molecule has 2 aliphatic heterocycles. The number of nitrogens with zero attached hydrogens (tertiary/aromatic N) is 8. The molecule has 0 radical (unpaired) electrons. The fraction of sp³-hybridized carbons (Fsp3) is 0.379. The Kier molecular flexibility index (Phi) is 8.59. The van der Waals surface area contributed by atoms with Gasteiger partial charge in [-0.25, -0.2) is 17.9 Å². The second-order valence-electron chi connectivity index (χ2n) is 11.6. The van der Waals surface area contributed by atoms with Crippen LogP contribution in [0.4, 0.5) is 14.5 Å². The number of aromatic nitrogens is 5. The molecule has 246 valence electrons. The second kappa shape index (κ2) is 12.5. The Balaban J connectivity index is 1.26. The number of halogens is 3. The van der Waals surface area contributed by atoms with Crippen molar-refractivity contribution in [2.75, 3.05) is 50.0 Å². The van der Waals surface area contributed by atoms with E-state index in [9.17, 15) is 26.8 Å². The number of likely N-dealkylation sites (tertiary alicyclic amines) is 2. The van der Waals surface area contributed by atoms with E-state index in [0.717, 1.165) is 0 Å². The van der Waals surface area contributed by atoms with Crippen LogP contribution in [0.5, 0.6) is 5.75 Å². The van der Waals surface area contributed by atoms with Crippen LogP contribution < -0.4 is 10.1 Å². The molecule has 2 fully saturated rings. The number of benzene rings is 1. The third-order valence-corrected chi connectivity index (χ3v) is 9.43. The molecule has 0 aliphatic carbocycles. The highest BCUT2D eigenvalue weighted by Gasteiger charge is 2.62. The summed E-state index contributed by atoms with van der Waals surface area (Å²) in [6.45, 7) is 4.27. The van der Waals surface area contributed by atoms with Gasteiger partial charge in [-0.05, 0) is 24.3 Å². The van der Waals surface area contributed by atoms with Gasteiger partial charge in [0.05, 0.1) is 30.1 Å². The van der Waals surface area contributed by atoms with Gasteiger partial charge in [-0.3, -0.25) is 19.2 Å². The maximum Gasteiger partial charge on any atom is 0.387 e. The van der Waals surface area contributed by atoms with Crippen LogP contribution >= 0.6 is 11.6 Å². The zero-order chi connectivity index (χ0) is 33.5. The summed E-state index contributed by atoms with van der Waals surface area (Å²) >= 11 is 6.21. The largest absolute Gasteiger partial charge is 0.434 e. The molecule has 14 nitrogen and oxygen atoms in total. The number of rotatable bonds is 10. The number of sulfone groups is 1. The minimum atomic E-state index is -3.15. The Morgan fingerprint density at radius 1 is 1.28 bits per heavy atom. The zero-order valence-corrected chi connectivity index (χ0v) is 26.5. The summed E-state index contributed by atoms with van der Waals surface area (Å²) in [5.41, 5.74) is -0.141. The highest BCUT2D eigenvalue weighted by Crippen LogP contribution is 2.39. The summed E-state index contributed by atoms with van der Waals surface area (Å²) in [5, 5.41) is 11.5. The van der Waals surface area contributed by atoms with Crippen molar-refractivity contribution >= 4 is 44.6 Å². The van der Waals surface area contributed by atoms with Crippen molar-refractivity contribution in [3.05, 3.63) is 64.5 Å². The van der Waals surface area contributed by atoms with Crippen molar-refractivity contribution < 1.29 is 31.5 Å². The summed E-state index contributed by atoms with van der Waals surface area (Å²) in [5.74, 6) is -1.26. The fourth-order valence-corrected chi connectivity index (χ4v) is 6.83. The maximum atomic E-state index is 13.6. The van der Waals surface area contributed by atoms with Crippen LogP contribution in [0.15, 0.2) is 49.1 Å². The molecule has 0 saturated carbocycles. The molecule has 2 unspecified atom stereocenters. The minimum absolute atomic E-state index is 0.00806. The van der Waals surface area contributed by atoms with Gasteiger partial charge in [0.1, 0.15) is 39.9 Å². The van der Waals surface area contributed by atoms with Gasteiger partial charge in [0.25, 0.3) is 12.5 Å². The molecule has 2 atom stereocenters. The van der Waals surface area contributed by atoms with Crippen LogP contribution in [-0.2, 0) is 21.2 Å². The molecule has 0 spiro atoms. The third-order valence-electron chi connectivity index (χ3n) is 8.27. The van der Waals surface area contributed by atoms with E-state index in [1.807, 2.05) is 4.90 Å². The Hall–Kier alpha value is -4.66. The number of anilines is 1. The fourth-order valence-electron chi connectivity index (χ4n) is 6.07. The molecule has 6 rings (SSSR count). The van der Waals surface area contributed by atoms with Crippen molar-refractivity contribution in [1.29, 1.82) is 0 Å². The van der Waals surface area contributed by atoms with Crippen molar-refractivity contribution in [2.24, 2.45) is 5.92 Å². The van der Waals surface area contributed by atoms with Gasteiger partial charge in [-0.2, -0.15) is 19.0 Å². The molecule has 0 bridgehead atoms. The van der Waals surface area contributed by atoms with Crippen molar-refractivity contribution in [3.63, 3.8) is 0 Å². The summed E-state index contributed by atoms with van der Waals surface area (Å²) < 4.78 is 57.4. The van der Waals surface area contributed by atoms with E-state index in [1.54, 1.807) is 17.2 Å². The molecule has 18 heteroatoms. The van der Waals surface area contributed by atoms with Crippen LogP contribution in [0.1, 0.15) is 10.4 Å². The first-order chi connectivity index (χ1) is 22.3. The predicted octanol–water partition coefficient (Wildman–Crippen LogP) is 2.62. The lowest BCUT2D eigenvalue weighted by atomic mass is 9.92. The Labute approximate surface area is 272 Å². The van der Waals surface area contributed by atoms with Gasteiger partial charge in [0.2, 0.25) is 5.91 Å². The van der Waals surface area contributed by atoms with E-state index in [2.05, 4.69) is 25.3 Å². The smallest absolute Gasteiger partial charge is 0.387 e. The quantitative estimate of drug-likeness (QED) is 0.266. The first-order valence-corrected chi connectivity index (χ1v) is 16.8. The van der Waals surface area contributed by atoms with Gasteiger partial charge in [0, 0.05) is 55.1 Å². The molecule has 2 aliphatic rings. The average Bonchev–Trinajstić information content (AvgIpc) is 3.77. The molecule has 3 aromatic heterocycles. The average molecular weight is 689 g/mol. The number of hydrogen-bond donors (Lipinski definition) is 1. The number of alkyl halides is 2. The van der Waals surface area contributed by atoms with E-state index < -0.39 is 27.9 Å². The number of carbonyl (C=O) groups is 2. The van der Waals surface area contributed by atoms with Crippen molar-refractivity contribution in [1.82, 2.24) is 34.2 Å². The zero-order valence-electron chi connectivity index (χ0n) is 25.0. The van der Waals surface area contributed by atoms with Gasteiger partial charge in [-0.15, -0.1) is 0 Å². The third kappa shape index (κ3) is 6.75. The molecular weight excluding hydrogens is 660 g/mol. The monoisotopic (exact) mass is 688 g/mol. The standard InChI is InChI=1S/C29H28ClF2N9O5S/c1-33-29-16-38(8-9-47(2,44)45)12-18(29)13-39(17-29)24(42)15-40-14-22(36-27(43)21-11-35-41-7-3-6-34-26(21)41)25(37-40)20-10-19(30)4-5-23(20)46-28(31)32/h1,3-7,10-11,14,18,28H,8-9,12-13,15-17H2,2H3/p+1. The van der Waals surface area contributed by atoms with Gasteiger partial charge < -0.3 is 15.0 Å². The van der Waals surface area contributed by atoms with E-state index >= 15 is 0 Å². The molecule has 4 aromatic rings. The molecule has 1 aromatic carbocycles. The number of ether oxygens (including phenoxy) is 1. The van der Waals surface area contributed by atoms with E-state index in [4.69, 9.17) is 22.9 Å². The number of carbonyl (C=O) groups excluding carboxylic acids is 2. The van der Waals surface area contributed by atoms with Crippen molar-refractivity contribution in [3.8, 4) is 23.6 Å². The van der Waals surface area contributed by atoms with Crippen LogP contribution in [0.2, 0.25) is 5.02 Å². The van der Waals surface area contributed by atoms with E-state index in [1.165, 1.54) is 52.2 Å². The summed E-state index contributed by atoms with van der Waals surface area (Å²) in [4.78, 5) is 38.9. The predicted molar refractivity (Wildman–Crippen MR) is 168 cm³/mol. The highest BCUT2D eigenvalue weighted by molar-refractivity contribution is 7.90. The maximum absolute atomic E-state index is 13.6. The Morgan fingerprint density at radius 3 is 2.81 bits per heavy atom. The van der Waals surface area contributed by atoms with E-state index in [0.29, 0.717) is 26.2 Å². The highest BCUT2D eigenvalue weighted by atomic mass is 35.5. The van der Waals surface area contributed by atoms with Crippen LogP contribution in [-0.4, -0.2) is 111 Å². The lowest BCUT2D eigenvalue weighted by molar-refractivity contribution is -0.131. The van der Waals surface area contributed by atoms with E-state index in [-0.39, 0.29) is 69.6 Å². The first-order valence-electron chi connectivity index (χ1n) is 14.4. The number of nitrogens with one attached hydrogen (secondary N) is 1. The molecule has 5 heterocycles. The minimum Gasteiger partial charge on any atom is -0.434 e. The number of hydrogen-bond acceptors (Lipinski definition) is 9. The summed E-state index contributed by atoms with van der Waals surface area (Å²) in [6, 6.07) is 5.64. The van der Waals surface area contributed by atoms with Crippen LogP contribution in [0.25, 0.3) is 21.7 Å². The molecule has 2 amide bonds. The molecule has 47 heavy (non-hydrogen) atoms. The molecule has 1 N–H and O–H groups in total. The summed E-state index contributed by atoms with van der Waals surface area (Å²) in [6.07, 6.45) is 7.05. The lowest BCUT2D eigenvalue weighted by Gasteiger charge is -2.20. The van der Waals surface area contributed by atoms with Crippen LogP contribution in [0, 0.1) is 12.5 Å². The van der Waals surface area contributed by atoms with Crippen LogP contribution in [0.3, 0.4) is 0 Å². The first kappa shape index (κ1) is 32.3. The van der Waals surface area contributed by atoms with Gasteiger partial charge in [-0.1, -0.05) is 16.4 Å². The van der Waals surface area contributed by atoms with Crippen molar-refractivity contribution in [2.45, 2.75) is 18.7 Å². The van der Waals surface area contributed by atoms with Gasteiger partial charge >= 0.3 is 12.2 Å². The molecule has 2 saturated heterocycles. The second-order valence-corrected chi connectivity index (χ2v) is 14.3. The lowest BCUT2D eigenvalue weighted by Crippen LogP contribution is -2.41. The number of fused-ring (bicyclic) bond motifs is 2.